The van der Waals surface area contributed by atoms with Crippen LogP contribution in [-0.4, -0.2) is 19.7 Å². The van der Waals surface area contributed by atoms with E-state index in [4.69, 9.17) is 4.74 Å². The van der Waals surface area contributed by atoms with Crippen molar-refractivity contribution in [1.29, 1.82) is 0 Å². The van der Waals surface area contributed by atoms with Gasteiger partial charge in [0.15, 0.2) is 0 Å². The van der Waals surface area contributed by atoms with Crippen molar-refractivity contribution in [1.82, 2.24) is 5.32 Å². The lowest BCUT2D eigenvalue weighted by atomic mass is 9.69. The smallest absolute Gasteiger partial charge is 0.119 e. The lowest BCUT2D eigenvalue weighted by molar-refractivity contribution is 0.281. The summed E-state index contributed by atoms with van der Waals surface area (Å²) in [7, 11) is 0. The molecule has 0 unspecified atom stereocenters. The standard InChI is InChI=1S/C17H27NO/c1-3-18-14-17(12-6-5-7-13-17)15-8-10-16(11-9-15)19-4-2/h8-11,18H,3-7,12-14H2,1-2H3. The van der Waals surface area contributed by atoms with Gasteiger partial charge in [0.05, 0.1) is 6.61 Å². The zero-order valence-corrected chi connectivity index (χ0v) is 12.4. The van der Waals surface area contributed by atoms with E-state index in [2.05, 4.69) is 36.5 Å². The third kappa shape index (κ3) is 3.50. The van der Waals surface area contributed by atoms with E-state index in [0.29, 0.717) is 5.41 Å². The minimum absolute atomic E-state index is 0.346. The first-order valence-corrected chi connectivity index (χ1v) is 7.75. The van der Waals surface area contributed by atoms with E-state index in [0.717, 1.165) is 25.4 Å². The van der Waals surface area contributed by atoms with Crippen LogP contribution in [-0.2, 0) is 5.41 Å². The number of nitrogens with one attached hydrogen (secondary N) is 1. The highest BCUT2D eigenvalue weighted by Gasteiger charge is 2.33. The molecule has 1 aromatic carbocycles. The van der Waals surface area contributed by atoms with Gasteiger partial charge in [0.1, 0.15) is 5.75 Å². The van der Waals surface area contributed by atoms with Crippen molar-refractivity contribution >= 4 is 0 Å². The molecule has 0 aliphatic heterocycles. The van der Waals surface area contributed by atoms with Crippen molar-refractivity contribution in [2.45, 2.75) is 51.4 Å². The largest absolute Gasteiger partial charge is 0.494 e. The first-order chi connectivity index (χ1) is 9.30. The van der Waals surface area contributed by atoms with Gasteiger partial charge in [-0.15, -0.1) is 0 Å². The Kier molecular flexibility index (Phi) is 5.26. The van der Waals surface area contributed by atoms with Crippen molar-refractivity contribution in [3.8, 4) is 5.75 Å². The first-order valence-electron chi connectivity index (χ1n) is 7.75. The Morgan fingerprint density at radius 1 is 1.05 bits per heavy atom. The van der Waals surface area contributed by atoms with Gasteiger partial charge < -0.3 is 10.1 Å². The molecule has 2 rings (SSSR count). The molecule has 1 aliphatic carbocycles. The second-order valence-electron chi connectivity index (χ2n) is 5.58. The van der Waals surface area contributed by atoms with Crippen LogP contribution in [0, 0.1) is 0 Å². The quantitative estimate of drug-likeness (QED) is 0.838. The van der Waals surface area contributed by atoms with E-state index in [1.165, 1.54) is 37.7 Å². The summed E-state index contributed by atoms with van der Waals surface area (Å²) in [5, 5.41) is 3.57. The van der Waals surface area contributed by atoms with E-state index >= 15 is 0 Å². The number of hydrogen-bond donors (Lipinski definition) is 1. The minimum Gasteiger partial charge on any atom is -0.494 e. The van der Waals surface area contributed by atoms with Crippen molar-refractivity contribution in [2.24, 2.45) is 0 Å². The summed E-state index contributed by atoms with van der Waals surface area (Å²) in [6.45, 7) is 7.12. The number of likely N-dealkylation sites (N-methyl/N-ethyl adjacent to an activating group) is 1. The van der Waals surface area contributed by atoms with Crippen LogP contribution in [0.15, 0.2) is 24.3 Å². The monoisotopic (exact) mass is 261 g/mol. The minimum atomic E-state index is 0.346. The van der Waals surface area contributed by atoms with E-state index in [-0.39, 0.29) is 0 Å². The maximum atomic E-state index is 5.55. The van der Waals surface area contributed by atoms with Crippen molar-refractivity contribution < 1.29 is 4.74 Å². The molecule has 0 radical (unpaired) electrons. The molecule has 2 nitrogen and oxygen atoms in total. The fourth-order valence-corrected chi connectivity index (χ4v) is 3.23. The average molecular weight is 261 g/mol. The number of benzene rings is 1. The van der Waals surface area contributed by atoms with Crippen molar-refractivity contribution in [2.75, 3.05) is 19.7 Å². The van der Waals surface area contributed by atoms with Crippen LogP contribution >= 0.6 is 0 Å². The van der Waals surface area contributed by atoms with Crippen LogP contribution in [0.4, 0.5) is 0 Å². The predicted octanol–water partition coefficient (Wildman–Crippen LogP) is 3.90. The number of rotatable bonds is 6. The summed E-state index contributed by atoms with van der Waals surface area (Å²) in [6.07, 6.45) is 6.74. The molecule has 1 saturated carbocycles. The van der Waals surface area contributed by atoms with Crippen LogP contribution in [0.1, 0.15) is 51.5 Å². The van der Waals surface area contributed by atoms with E-state index < -0.39 is 0 Å². The normalized spacial score (nSPS) is 18.2. The second-order valence-corrected chi connectivity index (χ2v) is 5.58. The van der Waals surface area contributed by atoms with Crippen LogP contribution < -0.4 is 10.1 Å². The third-order valence-electron chi connectivity index (χ3n) is 4.30. The topological polar surface area (TPSA) is 21.3 Å². The molecular weight excluding hydrogens is 234 g/mol. The summed E-state index contributed by atoms with van der Waals surface area (Å²) in [5.41, 5.74) is 1.83. The van der Waals surface area contributed by atoms with Gasteiger partial charge in [-0.1, -0.05) is 38.3 Å². The zero-order valence-electron chi connectivity index (χ0n) is 12.4. The summed E-state index contributed by atoms with van der Waals surface area (Å²) >= 11 is 0. The van der Waals surface area contributed by atoms with Crippen LogP contribution in [0.2, 0.25) is 0 Å². The number of ether oxygens (including phenoxy) is 1. The fraction of sp³-hybridized carbons (Fsp3) is 0.647. The fourth-order valence-electron chi connectivity index (χ4n) is 3.23. The van der Waals surface area contributed by atoms with Gasteiger partial charge in [0.25, 0.3) is 0 Å². The Morgan fingerprint density at radius 3 is 2.32 bits per heavy atom. The Hall–Kier alpha value is -1.02. The maximum Gasteiger partial charge on any atom is 0.119 e. The Morgan fingerprint density at radius 2 is 1.74 bits per heavy atom. The van der Waals surface area contributed by atoms with Gasteiger partial charge in [0, 0.05) is 12.0 Å². The predicted molar refractivity (Wildman–Crippen MR) is 80.9 cm³/mol. The van der Waals surface area contributed by atoms with Crippen molar-refractivity contribution in [3.63, 3.8) is 0 Å². The van der Waals surface area contributed by atoms with Crippen LogP contribution in [0.3, 0.4) is 0 Å². The van der Waals surface area contributed by atoms with Gasteiger partial charge >= 0.3 is 0 Å². The third-order valence-corrected chi connectivity index (χ3v) is 4.30. The molecule has 1 aliphatic rings. The van der Waals surface area contributed by atoms with Crippen molar-refractivity contribution in [3.05, 3.63) is 29.8 Å². The molecule has 0 atom stereocenters. The molecule has 1 aromatic rings. The summed E-state index contributed by atoms with van der Waals surface area (Å²) in [4.78, 5) is 0. The highest BCUT2D eigenvalue weighted by atomic mass is 16.5. The lowest BCUT2D eigenvalue weighted by Gasteiger charge is -2.38. The molecule has 0 amide bonds. The number of hydrogen-bond acceptors (Lipinski definition) is 2. The molecule has 2 heteroatoms. The summed E-state index contributed by atoms with van der Waals surface area (Å²) in [5.74, 6) is 0.987. The van der Waals surface area contributed by atoms with Crippen LogP contribution in [0.25, 0.3) is 0 Å². The Labute approximate surface area is 117 Å². The Balaban J connectivity index is 2.16. The molecule has 19 heavy (non-hydrogen) atoms. The van der Waals surface area contributed by atoms with E-state index in [1.54, 1.807) is 0 Å². The van der Waals surface area contributed by atoms with Crippen LogP contribution in [0.5, 0.6) is 5.75 Å². The molecule has 0 bridgehead atoms. The molecule has 1 fully saturated rings. The summed E-state index contributed by atoms with van der Waals surface area (Å²) < 4.78 is 5.55. The highest BCUT2D eigenvalue weighted by molar-refractivity contribution is 5.33. The highest BCUT2D eigenvalue weighted by Crippen LogP contribution is 2.39. The molecule has 0 heterocycles. The molecule has 1 N–H and O–H groups in total. The van der Waals surface area contributed by atoms with E-state index in [1.807, 2.05) is 6.92 Å². The van der Waals surface area contributed by atoms with Gasteiger partial charge in [0.2, 0.25) is 0 Å². The Bertz CT molecular complexity index is 365. The van der Waals surface area contributed by atoms with Gasteiger partial charge in [-0.2, -0.15) is 0 Å². The molecule has 106 valence electrons. The molecule has 0 saturated heterocycles. The first kappa shape index (κ1) is 14.4. The molecule has 0 aromatic heterocycles. The average Bonchev–Trinajstić information content (AvgIpc) is 2.47. The lowest BCUT2D eigenvalue weighted by Crippen LogP contribution is -2.39. The zero-order chi connectivity index (χ0) is 13.6. The van der Waals surface area contributed by atoms with E-state index in [9.17, 15) is 0 Å². The van der Waals surface area contributed by atoms with Gasteiger partial charge in [-0.05, 0) is 44.0 Å². The van der Waals surface area contributed by atoms with Gasteiger partial charge in [-0.3, -0.25) is 0 Å². The molecule has 0 spiro atoms. The van der Waals surface area contributed by atoms with Gasteiger partial charge in [-0.25, -0.2) is 0 Å². The molecular formula is C17H27NO. The maximum absolute atomic E-state index is 5.55. The second kappa shape index (κ2) is 6.95. The SMILES string of the molecule is CCNCC1(c2ccc(OCC)cc2)CCCCC1. The summed E-state index contributed by atoms with van der Waals surface area (Å²) in [6, 6.07) is 8.80.